The van der Waals surface area contributed by atoms with Gasteiger partial charge < -0.3 is 15.4 Å². The molecule has 1 aliphatic rings. The fourth-order valence-electron chi connectivity index (χ4n) is 3.65. The highest BCUT2D eigenvalue weighted by Crippen LogP contribution is 2.23. The predicted octanol–water partition coefficient (Wildman–Crippen LogP) is 2.87. The van der Waals surface area contributed by atoms with Crippen molar-refractivity contribution in [2.75, 3.05) is 26.3 Å². The SMILES string of the molecule is Cl.NCc1ccc(CN(NS(=O)(=O)c2cccc3ccccc23)C(=O)N2CCOCC2)cc1. The first kappa shape index (κ1) is 24.9. The first-order valence-electron chi connectivity index (χ1n) is 10.4. The van der Waals surface area contributed by atoms with Gasteiger partial charge in [0.1, 0.15) is 0 Å². The number of morpholine rings is 1. The van der Waals surface area contributed by atoms with Crippen molar-refractivity contribution in [2.45, 2.75) is 18.0 Å². The van der Waals surface area contributed by atoms with Gasteiger partial charge in [0.05, 0.1) is 24.7 Å². The van der Waals surface area contributed by atoms with Crippen LogP contribution in [0.3, 0.4) is 0 Å². The number of hydrazine groups is 1. The van der Waals surface area contributed by atoms with E-state index >= 15 is 0 Å². The van der Waals surface area contributed by atoms with Gasteiger partial charge in [0.2, 0.25) is 0 Å². The van der Waals surface area contributed by atoms with Gasteiger partial charge in [-0.1, -0.05) is 60.7 Å². The maximum Gasteiger partial charge on any atom is 0.335 e. The van der Waals surface area contributed by atoms with Crippen LogP contribution in [0.5, 0.6) is 0 Å². The fraction of sp³-hybridized carbons (Fsp3) is 0.261. The fourth-order valence-corrected chi connectivity index (χ4v) is 4.92. The van der Waals surface area contributed by atoms with E-state index in [2.05, 4.69) is 4.83 Å². The normalized spacial score (nSPS) is 14.0. The Morgan fingerprint density at radius 3 is 2.30 bits per heavy atom. The molecule has 3 aromatic rings. The second-order valence-corrected chi connectivity index (χ2v) is 9.19. The second-order valence-electron chi connectivity index (χ2n) is 7.56. The molecule has 2 amide bonds. The summed E-state index contributed by atoms with van der Waals surface area (Å²) in [4.78, 5) is 17.5. The van der Waals surface area contributed by atoms with Crippen LogP contribution >= 0.6 is 12.4 Å². The summed E-state index contributed by atoms with van der Waals surface area (Å²) in [7, 11) is -4.03. The minimum Gasteiger partial charge on any atom is -0.378 e. The number of nitrogens with one attached hydrogen (secondary N) is 1. The molecular weight excluding hydrogens is 464 g/mol. The average Bonchev–Trinajstić information content (AvgIpc) is 2.83. The summed E-state index contributed by atoms with van der Waals surface area (Å²) in [6.07, 6.45) is 0. The number of halogens is 1. The number of amides is 2. The second kappa shape index (κ2) is 11.0. The van der Waals surface area contributed by atoms with Crippen LogP contribution in [0.1, 0.15) is 11.1 Å². The molecule has 1 saturated heterocycles. The first-order valence-corrected chi connectivity index (χ1v) is 11.9. The smallest absolute Gasteiger partial charge is 0.335 e. The van der Waals surface area contributed by atoms with Crippen LogP contribution in [0, 0.1) is 0 Å². The van der Waals surface area contributed by atoms with E-state index in [4.69, 9.17) is 10.5 Å². The molecule has 8 nitrogen and oxygen atoms in total. The lowest BCUT2D eigenvalue weighted by Gasteiger charge is -2.33. The Bertz CT molecular complexity index is 1190. The molecule has 1 heterocycles. The lowest BCUT2D eigenvalue weighted by atomic mass is 10.1. The molecule has 0 aliphatic carbocycles. The van der Waals surface area contributed by atoms with Crippen LogP contribution in [0.4, 0.5) is 4.79 Å². The molecule has 0 radical (unpaired) electrons. The Labute approximate surface area is 199 Å². The summed E-state index contributed by atoms with van der Waals surface area (Å²) >= 11 is 0. The third-order valence-electron chi connectivity index (χ3n) is 5.38. The molecule has 0 saturated carbocycles. The minimum absolute atomic E-state index is 0. The van der Waals surface area contributed by atoms with Crippen LogP contribution < -0.4 is 10.6 Å². The van der Waals surface area contributed by atoms with Crippen molar-refractivity contribution in [3.8, 4) is 0 Å². The molecule has 33 heavy (non-hydrogen) atoms. The number of hydrogen-bond acceptors (Lipinski definition) is 5. The van der Waals surface area contributed by atoms with E-state index in [0.717, 1.165) is 21.5 Å². The third kappa shape index (κ3) is 5.82. The van der Waals surface area contributed by atoms with Gasteiger partial charge >= 0.3 is 6.03 Å². The van der Waals surface area contributed by atoms with Crippen molar-refractivity contribution in [1.29, 1.82) is 0 Å². The summed E-state index contributed by atoms with van der Waals surface area (Å²) in [6.45, 7) is 2.12. The van der Waals surface area contributed by atoms with Crippen molar-refractivity contribution in [1.82, 2.24) is 14.7 Å². The van der Waals surface area contributed by atoms with Crippen molar-refractivity contribution in [3.05, 3.63) is 77.9 Å². The monoisotopic (exact) mass is 490 g/mol. The Kier molecular flexibility index (Phi) is 8.28. The molecule has 10 heteroatoms. The van der Waals surface area contributed by atoms with Crippen LogP contribution in [0.15, 0.2) is 71.6 Å². The van der Waals surface area contributed by atoms with Crippen molar-refractivity contribution < 1.29 is 17.9 Å². The molecule has 0 atom stereocenters. The van der Waals surface area contributed by atoms with Crippen molar-refractivity contribution in [3.63, 3.8) is 0 Å². The summed E-state index contributed by atoms with van der Waals surface area (Å²) in [5.74, 6) is 0. The Hall–Kier alpha value is -2.69. The molecule has 4 rings (SSSR count). The van der Waals surface area contributed by atoms with Gasteiger partial charge in [-0.2, -0.15) is 0 Å². The number of carbonyl (C=O) groups is 1. The molecule has 0 aromatic heterocycles. The lowest BCUT2D eigenvalue weighted by Crippen LogP contribution is -2.54. The van der Waals surface area contributed by atoms with E-state index in [9.17, 15) is 13.2 Å². The number of sulfonamides is 1. The number of fused-ring (bicyclic) bond motifs is 1. The van der Waals surface area contributed by atoms with E-state index in [1.807, 2.05) is 42.5 Å². The first-order chi connectivity index (χ1) is 15.5. The number of rotatable bonds is 6. The zero-order valence-corrected chi connectivity index (χ0v) is 19.6. The Morgan fingerprint density at radius 1 is 0.970 bits per heavy atom. The zero-order chi connectivity index (χ0) is 22.6. The molecule has 0 bridgehead atoms. The quantitative estimate of drug-likeness (QED) is 0.517. The van der Waals surface area contributed by atoms with Gasteiger partial charge in [0, 0.05) is 25.0 Å². The highest BCUT2D eigenvalue weighted by Gasteiger charge is 2.28. The number of nitrogens with zero attached hydrogens (tertiary/aromatic N) is 2. The van der Waals surface area contributed by atoms with E-state index < -0.39 is 16.1 Å². The molecule has 176 valence electrons. The number of carbonyl (C=O) groups excluding carboxylic acids is 1. The predicted molar refractivity (Wildman–Crippen MR) is 129 cm³/mol. The topological polar surface area (TPSA) is 105 Å². The van der Waals surface area contributed by atoms with Crippen LogP contribution in [0.25, 0.3) is 10.8 Å². The summed E-state index contributed by atoms with van der Waals surface area (Å²) in [5.41, 5.74) is 7.40. The standard InChI is InChI=1S/C23H26N4O4S.ClH/c24-16-18-8-10-19(11-9-18)17-27(23(28)26-12-14-31-15-13-26)25-32(29,30)22-7-3-5-20-4-1-2-6-21(20)22;/h1-11,25H,12-17,24H2;1H. The third-order valence-corrected chi connectivity index (χ3v) is 6.78. The Balaban J connectivity index is 0.00000306. The van der Waals surface area contributed by atoms with Gasteiger partial charge in [-0.25, -0.2) is 18.2 Å². The number of urea groups is 1. The van der Waals surface area contributed by atoms with Gasteiger partial charge in [-0.3, -0.25) is 0 Å². The van der Waals surface area contributed by atoms with Crippen LogP contribution in [-0.4, -0.2) is 50.7 Å². The van der Waals surface area contributed by atoms with E-state index in [1.54, 1.807) is 23.1 Å². The molecule has 1 fully saturated rings. The highest BCUT2D eigenvalue weighted by atomic mass is 35.5. The van der Waals surface area contributed by atoms with E-state index in [-0.39, 0.29) is 23.8 Å². The maximum atomic E-state index is 13.4. The summed E-state index contributed by atoms with van der Waals surface area (Å²) in [6, 6.07) is 19.3. The average molecular weight is 491 g/mol. The molecule has 3 N–H and O–H groups in total. The molecule has 0 unspecified atom stereocenters. The minimum atomic E-state index is -4.03. The molecule has 1 aliphatic heterocycles. The van der Waals surface area contributed by atoms with Crippen LogP contribution in [-0.2, 0) is 27.8 Å². The van der Waals surface area contributed by atoms with Crippen LogP contribution in [0.2, 0.25) is 0 Å². The number of hydrogen-bond donors (Lipinski definition) is 2. The van der Waals surface area contributed by atoms with Gasteiger partial charge in [0.25, 0.3) is 10.0 Å². The van der Waals surface area contributed by atoms with E-state index in [1.165, 1.54) is 6.07 Å². The zero-order valence-electron chi connectivity index (χ0n) is 18.0. The molecule has 0 spiro atoms. The highest BCUT2D eigenvalue weighted by molar-refractivity contribution is 7.89. The van der Waals surface area contributed by atoms with Crippen molar-refractivity contribution >= 4 is 39.2 Å². The largest absolute Gasteiger partial charge is 0.378 e. The molecule has 3 aromatic carbocycles. The number of nitrogens with two attached hydrogens (primary N) is 1. The number of benzene rings is 3. The summed E-state index contributed by atoms with van der Waals surface area (Å²) in [5, 5.41) is 2.55. The molecular formula is C23H27ClN4O4S. The van der Waals surface area contributed by atoms with Gasteiger partial charge in [-0.15, -0.1) is 17.2 Å². The van der Waals surface area contributed by atoms with Gasteiger partial charge in [0.15, 0.2) is 0 Å². The van der Waals surface area contributed by atoms with E-state index in [0.29, 0.717) is 38.2 Å². The Morgan fingerprint density at radius 2 is 1.61 bits per heavy atom. The number of ether oxygens (including phenoxy) is 1. The summed E-state index contributed by atoms with van der Waals surface area (Å²) < 4.78 is 32.1. The maximum absolute atomic E-state index is 13.4. The van der Waals surface area contributed by atoms with Gasteiger partial charge in [-0.05, 0) is 22.6 Å². The lowest BCUT2D eigenvalue weighted by molar-refractivity contribution is 0.0404. The van der Waals surface area contributed by atoms with Crippen molar-refractivity contribution in [2.24, 2.45) is 5.73 Å².